The van der Waals surface area contributed by atoms with Crippen LogP contribution in [0.4, 0.5) is 5.69 Å². The van der Waals surface area contributed by atoms with Crippen molar-refractivity contribution < 1.29 is 9.90 Å². The van der Waals surface area contributed by atoms with Crippen molar-refractivity contribution >= 4 is 17.7 Å². The zero-order chi connectivity index (χ0) is 17.0. The van der Waals surface area contributed by atoms with Gasteiger partial charge in [-0.1, -0.05) is 17.7 Å². The summed E-state index contributed by atoms with van der Waals surface area (Å²) in [6.45, 7) is 5.92. The molecule has 23 heavy (non-hydrogen) atoms. The molecular formula is C19H18N2O2. The maximum Gasteiger partial charge on any atom is 0.266 e. The standard InChI is InChI=1S/C19H18N2O2/c1-12-8-13(2)18(14(3)9-12)10-15(11-20)19(23)21-16-4-6-17(22)7-5-16/h4-10,22H,1-3H3,(H,21,23)/b15-10-. The minimum absolute atomic E-state index is 0.0353. The molecule has 0 heterocycles. The van der Waals surface area contributed by atoms with Gasteiger partial charge in [0, 0.05) is 5.69 Å². The number of benzene rings is 2. The zero-order valence-corrected chi connectivity index (χ0v) is 13.3. The van der Waals surface area contributed by atoms with E-state index in [-0.39, 0.29) is 11.3 Å². The Hall–Kier alpha value is -3.06. The molecule has 0 aliphatic carbocycles. The summed E-state index contributed by atoms with van der Waals surface area (Å²) in [5, 5.41) is 21.2. The first kappa shape index (κ1) is 16.3. The van der Waals surface area contributed by atoms with E-state index in [2.05, 4.69) is 5.32 Å². The molecule has 4 heteroatoms. The normalized spacial score (nSPS) is 11.0. The fourth-order valence-electron chi connectivity index (χ4n) is 2.45. The van der Waals surface area contributed by atoms with Crippen LogP contribution in [0.2, 0.25) is 0 Å². The molecule has 0 bridgehead atoms. The first-order valence-electron chi connectivity index (χ1n) is 7.20. The molecule has 4 nitrogen and oxygen atoms in total. The van der Waals surface area contributed by atoms with Crippen LogP contribution >= 0.6 is 0 Å². The molecule has 0 unspecified atom stereocenters. The molecule has 0 aliphatic heterocycles. The van der Waals surface area contributed by atoms with Crippen molar-refractivity contribution in [1.29, 1.82) is 5.26 Å². The third kappa shape index (κ3) is 3.98. The summed E-state index contributed by atoms with van der Waals surface area (Å²) in [6.07, 6.45) is 1.61. The highest BCUT2D eigenvalue weighted by atomic mass is 16.3. The van der Waals surface area contributed by atoms with Crippen molar-refractivity contribution in [2.45, 2.75) is 20.8 Å². The van der Waals surface area contributed by atoms with Gasteiger partial charge in [-0.05, 0) is 67.8 Å². The summed E-state index contributed by atoms with van der Waals surface area (Å²) >= 11 is 0. The molecule has 2 N–H and O–H groups in total. The molecule has 0 aromatic heterocycles. The van der Waals surface area contributed by atoms with Crippen LogP contribution in [0.3, 0.4) is 0 Å². The van der Waals surface area contributed by atoms with Crippen molar-refractivity contribution in [3.8, 4) is 11.8 Å². The van der Waals surface area contributed by atoms with Gasteiger partial charge in [-0.15, -0.1) is 0 Å². The molecule has 2 aromatic rings. The molecular weight excluding hydrogens is 288 g/mol. The highest BCUT2D eigenvalue weighted by Gasteiger charge is 2.11. The van der Waals surface area contributed by atoms with E-state index in [1.807, 2.05) is 39.0 Å². The number of anilines is 1. The molecule has 0 aliphatic rings. The molecule has 1 amide bonds. The van der Waals surface area contributed by atoms with Gasteiger partial charge in [-0.3, -0.25) is 4.79 Å². The Bertz CT molecular complexity index is 789. The number of amides is 1. The molecule has 2 aromatic carbocycles. The van der Waals surface area contributed by atoms with E-state index in [1.165, 1.54) is 12.1 Å². The van der Waals surface area contributed by atoms with Gasteiger partial charge in [0.15, 0.2) is 0 Å². The Labute approximate surface area is 135 Å². The average molecular weight is 306 g/mol. The summed E-state index contributed by atoms with van der Waals surface area (Å²) in [5.74, 6) is -0.359. The van der Waals surface area contributed by atoms with Crippen molar-refractivity contribution in [1.82, 2.24) is 0 Å². The maximum atomic E-state index is 12.3. The van der Waals surface area contributed by atoms with Crippen molar-refractivity contribution in [2.24, 2.45) is 0 Å². The van der Waals surface area contributed by atoms with Crippen LogP contribution in [0.15, 0.2) is 42.0 Å². The monoisotopic (exact) mass is 306 g/mol. The topological polar surface area (TPSA) is 73.1 Å². The first-order chi connectivity index (χ1) is 10.9. The second kappa shape index (κ2) is 6.80. The average Bonchev–Trinajstić information content (AvgIpc) is 2.49. The summed E-state index contributed by atoms with van der Waals surface area (Å²) in [5.41, 5.74) is 4.62. The number of hydrogen-bond acceptors (Lipinski definition) is 3. The lowest BCUT2D eigenvalue weighted by Gasteiger charge is -2.09. The third-order valence-electron chi connectivity index (χ3n) is 3.52. The minimum atomic E-state index is -0.474. The Balaban J connectivity index is 2.30. The number of carbonyl (C=O) groups is 1. The molecule has 0 saturated carbocycles. The van der Waals surface area contributed by atoms with Crippen molar-refractivity contribution in [2.75, 3.05) is 5.32 Å². The van der Waals surface area contributed by atoms with Crippen LogP contribution in [-0.2, 0) is 4.79 Å². The maximum absolute atomic E-state index is 12.3. The summed E-state index contributed by atoms with van der Waals surface area (Å²) in [4.78, 5) is 12.3. The van der Waals surface area contributed by atoms with Crippen LogP contribution in [0.5, 0.6) is 5.75 Å². The second-order valence-electron chi connectivity index (χ2n) is 5.48. The van der Waals surface area contributed by atoms with Crippen LogP contribution < -0.4 is 5.32 Å². The van der Waals surface area contributed by atoms with Gasteiger partial charge in [0.1, 0.15) is 17.4 Å². The number of nitrogens with zero attached hydrogens (tertiary/aromatic N) is 1. The van der Waals surface area contributed by atoms with Gasteiger partial charge in [0.25, 0.3) is 5.91 Å². The highest BCUT2D eigenvalue weighted by Crippen LogP contribution is 2.20. The minimum Gasteiger partial charge on any atom is -0.508 e. The molecule has 0 radical (unpaired) electrons. The summed E-state index contributed by atoms with van der Waals surface area (Å²) in [6, 6.07) is 12.1. The van der Waals surface area contributed by atoms with E-state index in [0.29, 0.717) is 5.69 Å². The number of phenols is 1. The zero-order valence-electron chi connectivity index (χ0n) is 13.3. The predicted molar refractivity (Wildman–Crippen MR) is 91.0 cm³/mol. The second-order valence-corrected chi connectivity index (χ2v) is 5.48. The van der Waals surface area contributed by atoms with E-state index in [4.69, 9.17) is 0 Å². The van der Waals surface area contributed by atoms with Crippen LogP contribution in [0.1, 0.15) is 22.3 Å². The Morgan fingerprint density at radius 2 is 1.70 bits per heavy atom. The number of carbonyl (C=O) groups excluding carboxylic acids is 1. The van der Waals surface area contributed by atoms with E-state index in [1.54, 1.807) is 18.2 Å². The summed E-state index contributed by atoms with van der Waals surface area (Å²) < 4.78 is 0. The third-order valence-corrected chi connectivity index (χ3v) is 3.52. The van der Waals surface area contributed by atoms with Gasteiger partial charge >= 0.3 is 0 Å². The van der Waals surface area contributed by atoms with Crippen molar-refractivity contribution in [3.05, 3.63) is 64.2 Å². The van der Waals surface area contributed by atoms with Gasteiger partial charge in [0.2, 0.25) is 0 Å². The number of phenolic OH excluding ortho intramolecular Hbond substituents is 1. The summed E-state index contributed by atoms with van der Waals surface area (Å²) in [7, 11) is 0. The fourth-order valence-corrected chi connectivity index (χ4v) is 2.45. The van der Waals surface area contributed by atoms with E-state index in [9.17, 15) is 15.2 Å². The van der Waals surface area contributed by atoms with Gasteiger partial charge in [-0.25, -0.2) is 0 Å². The highest BCUT2D eigenvalue weighted by molar-refractivity contribution is 6.09. The van der Waals surface area contributed by atoms with Gasteiger partial charge in [0.05, 0.1) is 0 Å². The molecule has 0 saturated heterocycles. The Morgan fingerprint density at radius 3 is 2.22 bits per heavy atom. The largest absolute Gasteiger partial charge is 0.508 e. The molecule has 0 atom stereocenters. The van der Waals surface area contributed by atoms with E-state index < -0.39 is 5.91 Å². The van der Waals surface area contributed by atoms with Crippen molar-refractivity contribution in [3.63, 3.8) is 0 Å². The van der Waals surface area contributed by atoms with Gasteiger partial charge < -0.3 is 10.4 Å². The molecule has 0 spiro atoms. The van der Waals surface area contributed by atoms with E-state index >= 15 is 0 Å². The number of rotatable bonds is 3. The SMILES string of the molecule is Cc1cc(C)c(/C=C(/C#N)C(=O)Nc2ccc(O)cc2)c(C)c1. The van der Waals surface area contributed by atoms with E-state index in [0.717, 1.165) is 22.3 Å². The quantitative estimate of drug-likeness (QED) is 0.513. The predicted octanol–water partition coefficient (Wildman–Crippen LogP) is 3.86. The van der Waals surface area contributed by atoms with Crippen LogP contribution in [-0.4, -0.2) is 11.0 Å². The first-order valence-corrected chi connectivity index (χ1v) is 7.20. The lowest BCUT2D eigenvalue weighted by Crippen LogP contribution is -2.13. The number of aryl methyl sites for hydroxylation is 3. The smallest absolute Gasteiger partial charge is 0.266 e. The number of nitriles is 1. The van der Waals surface area contributed by atoms with Crippen LogP contribution in [0.25, 0.3) is 6.08 Å². The lowest BCUT2D eigenvalue weighted by molar-refractivity contribution is -0.112. The Morgan fingerprint density at radius 1 is 1.13 bits per heavy atom. The fraction of sp³-hybridized carbons (Fsp3) is 0.158. The lowest BCUT2D eigenvalue weighted by atomic mass is 9.98. The number of aromatic hydroxyl groups is 1. The van der Waals surface area contributed by atoms with Gasteiger partial charge in [-0.2, -0.15) is 5.26 Å². The van der Waals surface area contributed by atoms with Crippen LogP contribution in [0, 0.1) is 32.1 Å². The Kier molecular flexibility index (Phi) is 4.82. The molecule has 2 rings (SSSR count). The molecule has 0 fully saturated rings. The molecule has 116 valence electrons. The number of hydrogen-bond donors (Lipinski definition) is 2. The number of nitrogens with one attached hydrogen (secondary N) is 1.